The molecular weight excluding hydrogens is 345 g/mol. The number of aromatic amines is 1. The fourth-order valence-corrected chi connectivity index (χ4v) is 2.76. The summed E-state index contributed by atoms with van der Waals surface area (Å²) >= 11 is 8.37. The van der Waals surface area contributed by atoms with Crippen molar-refractivity contribution in [2.75, 3.05) is 0 Å². The maximum atomic E-state index is 13.6. The first-order chi connectivity index (χ1) is 9.54. The third kappa shape index (κ3) is 2.78. The topological polar surface area (TPSA) is 49.8 Å². The van der Waals surface area contributed by atoms with Crippen molar-refractivity contribution in [1.29, 1.82) is 0 Å². The molecule has 106 valence electrons. The summed E-state index contributed by atoms with van der Waals surface area (Å²) in [5.74, 6) is -0.330. The first-order valence-electron chi connectivity index (χ1n) is 6.41. The van der Waals surface area contributed by atoms with Gasteiger partial charge in [0, 0.05) is 25.1 Å². The average molecular weight is 358 g/mol. The van der Waals surface area contributed by atoms with Crippen molar-refractivity contribution in [2.24, 2.45) is 0 Å². The summed E-state index contributed by atoms with van der Waals surface area (Å²) < 4.78 is 16.3. The van der Waals surface area contributed by atoms with E-state index >= 15 is 0 Å². The first-order valence-corrected chi connectivity index (χ1v) is 7.61. The van der Waals surface area contributed by atoms with Crippen LogP contribution in [0.15, 0.2) is 16.6 Å². The number of carbonyl (C=O) groups is 1. The van der Waals surface area contributed by atoms with Gasteiger partial charge in [0.05, 0.1) is 15.5 Å². The maximum Gasteiger partial charge on any atom is 0.222 e. The van der Waals surface area contributed by atoms with Gasteiger partial charge in [-0.3, -0.25) is 4.79 Å². The number of benzene rings is 1. The third-order valence-electron chi connectivity index (χ3n) is 3.32. The number of halogens is 2. The van der Waals surface area contributed by atoms with Crippen molar-refractivity contribution in [1.82, 2.24) is 14.9 Å². The molecule has 1 heterocycles. The normalized spacial score (nSPS) is 14.7. The number of hydrogen-bond donors (Lipinski definition) is 2. The molecule has 0 atom stereocenters. The van der Waals surface area contributed by atoms with Gasteiger partial charge in [-0.05, 0) is 47.1 Å². The highest BCUT2D eigenvalue weighted by Gasteiger charge is 2.23. The summed E-state index contributed by atoms with van der Waals surface area (Å²) in [6, 6.07) is 3.43. The van der Waals surface area contributed by atoms with Crippen molar-refractivity contribution in [3.05, 3.63) is 27.2 Å². The molecule has 0 radical (unpaired) electrons. The number of fused-ring (bicyclic) bond motifs is 1. The highest BCUT2D eigenvalue weighted by Crippen LogP contribution is 2.23. The zero-order valence-electron chi connectivity index (χ0n) is 10.6. The lowest BCUT2D eigenvalue weighted by Crippen LogP contribution is -2.26. The van der Waals surface area contributed by atoms with E-state index in [1.807, 2.05) is 0 Å². The van der Waals surface area contributed by atoms with Crippen LogP contribution in [0.5, 0.6) is 0 Å². The number of aryl methyl sites for hydroxylation is 1. The van der Waals surface area contributed by atoms with Crippen molar-refractivity contribution in [2.45, 2.75) is 31.8 Å². The van der Waals surface area contributed by atoms with Crippen molar-refractivity contribution < 1.29 is 9.18 Å². The number of nitrogens with one attached hydrogen (secondary N) is 2. The number of aromatic nitrogens is 2. The summed E-state index contributed by atoms with van der Waals surface area (Å²) in [5.41, 5.74) is 1.43. The van der Waals surface area contributed by atoms with Crippen LogP contribution in [0.4, 0.5) is 4.39 Å². The molecule has 2 aromatic rings. The summed E-state index contributed by atoms with van der Waals surface area (Å²) in [5, 5.41) is 2.93. The van der Waals surface area contributed by atoms with Gasteiger partial charge in [0.15, 0.2) is 4.77 Å². The number of H-pyrrole nitrogens is 1. The van der Waals surface area contributed by atoms with E-state index in [-0.39, 0.29) is 11.7 Å². The van der Waals surface area contributed by atoms with Crippen LogP contribution in [-0.2, 0) is 11.3 Å². The first kappa shape index (κ1) is 13.8. The Morgan fingerprint density at radius 3 is 3.00 bits per heavy atom. The lowest BCUT2D eigenvalue weighted by molar-refractivity contribution is -0.121. The molecule has 4 nitrogen and oxygen atoms in total. The molecule has 0 spiro atoms. The Bertz CT molecular complexity index is 735. The van der Waals surface area contributed by atoms with Crippen LogP contribution in [0.25, 0.3) is 11.0 Å². The second kappa shape index (κ2) is 5.29. The van der Waals surface area contributed by atoms with Gasteiger partial charge >= 0.3 is 0 Å². The number of carbonyl (C=O) groups excluding carboxylic acids is 1. The monoisotopic (exact) mass is 357 g/mol. The van der Waals surface area contributed by atoms with E-state index in [1.165, 1.54) is 6.07 Å². The minimum absolute atomic E-state index is 0.0151. The van der Waals surface area contributed by atoms with Gasteiger partial charge < -0.3 is 14.9 Å². The molecule has 0 unspecified atom stereocenters. The van der Waals surface area contributed by atoms with E-state index in [1.54, 1.807) is 10.6 Å². The smallest absolute Gasteiger partial charge is 0.222 e. The Kier molecular flexibility index (Phi) is 3.64. The minimum atomic E-state index is -0.345. The van der Waals surface area contributed by atoms with Gasteiger partial charge in [0.25, 0.3) is 0 Å². The molecular formula is C13H13BrFN3OS. The SMILES string of the molecule is O=C(CCn1c(=S)[nH]c2cc(Br)c(F)cc21)NC1CC1. The molecule has 0 saturated heterocycles. The van der Waals surface area contributed by atoms with E-state index in [2.05, 4.69) is 26.2 Å². The standard InChI is InChI=1S/C13H13BrFN3OS/c14-8-5-10-11(6-9(8)15)18(13(20)17-10)4-3-12(19)16-7-1-2-7/h5-7H,1-4H2,(H,16,19)(H,17,20). The summed E-state index contributed by atoms with van der Waals surface area (Å²) in [7, 11) is 0. The molecule has 0 aliphatic heterocycles. The van der Waals surface area contributed by atoms with Gasteiger partial charge in [-0.2, -0.15) is 0 Å². The maximum absolute atomic E-state index is 13.6. The number of imidazole rings is 1. The largest absolute Gasteiger partial charge is 0.353 e. The van der Waals surface area contributed by atoms with Crippen LogP contribution in [-0.4, -0.2) is 21.5 Å². The van der Waals surface area contributed by atoms with Crippen molar-refractivity contribution in [3.8, 4) is 0 Å². The lowest BCUT2D eigenvalue weighted by Gasteiger charge is -2.06. The molecule has 20 heavy (non-hydrogen) atoms. The van der Waals surface area contributed by atoms with Gasteiger partial charge in [-0.15, -0.1) is 0 Å². The van der Waals surface area contributed by atoms with Gasteiger partial charge in [0.1, 0.15) is 5.82 Å². The van der Waals surface area contributed by atoms with E-state index in [0.717, 1.165) is 18.4 Å². The summed E-state index contributed by atoms with van der Waals surface area (Å²) in [6.45, 7) is 0.443. The van der Waals surface area contributed by atoms with E-state index in [4.69, 9.17) is 12.2 Å². The Hall–Kier alpha value is -1.21. The zero-order valence-corrected chi connectivity index (χ0v) is 13.0. The van der Waals surface area contributed by atoms with Gasteiger partial charge in [-0.1, -0.05) is 0 Å². The third-order valence-corrected chi connectivity index (χ3v) is 4.25. The summed E-state index contributed by atoms with van der Waals surface area (Å²) in [6.07, 6.45) is 2.48. The number of hydrogen-bond acceptors (Lipinski definition) is 2. The predicted octanol–water partition coefficient (Wildman–Crippen LogP) is 3.27. The number of rotatable bonds is 4. The predicted molar refractivity (Wildman–Crippen MR) is 80.6 cm³/mol. The summed E-state index contributed by atoms with van der Waals surface area (Å²) in [4.78, 5) is 14.7. The highest BCUT2D eigenvalue weighted by atomic mass is 79.9. The van der Waals surface area contributed by atoms with Crippen LogP contribution in [0.1, 0.15) is 19.3 Å². The van der Waals surface area contributed by atoms with Crippen LogP contribution in [0.3, 0.4) is 0 Å². The second-order valence-electron chi connectivity index (χ2n) is 4.96. The average Bonchev–Trinajstić information content (AvgIpc) is 3.13. The fraction of sp³-hybridized carbons (Fsp3) is 0.385. The van der Waals surface area contributed by atoms with Crippen molar-refractivity contribution in [3.63, 3.8) is 0 Å². The van der Waals surface area contributed by atoms with Crippen LogP contribution in [0, 0.1) is 10.6 Å². The number of nitrogens with zero attached hydrogens (tertiary/aromatic N) is 1. The van der Waals surface area contributed by atoms with Crippen LogP contribution in [0.2, 0.25) is 0 Å². The molecule has 1 aromatic heterocycles. The fourth-order valence-electron chi connectivity index (χ4n) is 2.11. The van der Waals surface area contributed by atoms with Gasteiger partial charge in [-0.25, -0.2) is 4.39 Å². The van der Waals surface area contributed by atoms with E-state index < -0.39 is 0 Å². The lowest BCUT2D eigenvalue weighted by atomic mass is 10.3. The Balaban J connectivity index is 1.83. The molecule has 1 amide bonds. The van der Waals surface area contributed by atoms with E-state index in [0.29, 0.717) is 33.8 Å². The molecule has 1 aromatic carbocycles. The highest BCUT2D eigenvalue weighted by molar-refractivity contribution is 9.10. The van der Waals surface area contributed by atoms with Crippen LogP contribution >= 0.6 is 28.1 Å². The Morgan fingerprint density at radius 2 is 2.30 bits per heavy atom. The molecule has 1 aliphatic rings. The quantitative estimate of drug-likeness (QED) is 0.825. The molecule has 1 fully saturated rings. The molecule has 7 heteroatoms. The minimum Gasteiger partial charge on any atom is -0.353 e. The van der Waals surface area contributed by atoms with E-state index in [9.17, 15) is 9.18 Å². The second-order valence-corrected chi connectivity index (χ2v) is 6.20. The molecule has 0 bridgehead atoms. The number of amides is 1. The zero-order chi connectivity index (χ0) is 14.3. The molecule has 1 saturated carbocycles. The molecule has 1 aliphatic carbocycles. The van der Waals surface area contributed by atoms with Crippen molar-refractivity contribution >= 4 is 45.1 Å². The Morgan fingerprint density at radius 1 is 1.55 bits per heavy atom. The van der Waals surface area contributed by atoms with Crippen LogP contribution < -0.4 is 5.32 Å². The molecule has 3 rings (SSSR count). The molecule has 2 N–H and O–H groups in total. The van der Waals surface area contributed by atoms with Gasteiger partial charge in [0.2, 0.25) is 5.91 Å². The Labute approximate surface area is 128 Å².